The van der Waals surface area contributed by atoms with Crippen molar-refractivity contribution in [1.82, 2.24) is 5.32 Å². The van der Waals surface area contributed by atoms with Crippen molar-refractivity contribution >= 4 is 30.1 Å². The molecule has 0 fully saturated rings. The number of rotatable bonds is 2. The van der Waals surface area contributed by atoms with Crippen LogP contribution in [0.25, 0.3) is 0 Å². The lowest BCUT2D eigenvalue weighted by atomic mass is 9.88. The predicted octanol–water partition coefficient (Wildman–Crippen LogP) is 1.09. The van der Waals surface area contributed by atoms with E-state index in [0.29, 0.717) is 10.4 Å². The minimum atomic E-state index is -1.25. The molecule has 0 aromatic carbocycles. The van der Waals surface area contributed by atoms with Gasteiger partial charge >= 0.3 is 0 Å². The highest BCUT2D eigenvalue weighted by Gasteiger charge is 2.40. The normalized spacial score (nSPS) is 21.3. The maximum Gasteiger partial charge on any atom is 0.224 e. The van der Waals surface area contributed by atoms with Crippen LogP contribution in [0.3, 0.4) is 0 Å². The number of allylic oxidation sites excluding steroid dienone is 2. The van der Waals surface area contributed by atoms with Crippen molar-refractivity contribution in [1.29, 1.82) is 0 Å². The number of carbonyl (C=O) groups excluding carboxylic acids is 1. The Balaban J connectivity index is 0. The Bertz CT molecular complexity index is 373. The first kappa shape index (κ1) is 21.7. The van der Waals surface area contributed by atoms with Gasteiger partial charge in [-0.2, -0.15) is 0 Å². The fourth-order valence-electron chi connectivity index (χ4n) is 1.60. The highest BCUT2D eigenvalue weighted by Crippen LogP contribution is 2.32. The summed E-state index contributed by atoms with van der Waals surface area (Å²) in [5.74, 6) is 0.512. The van der Waals surface area contributed by atoms with Crippen LogP contribution in [0.5, 0.6) is 0 Å². The van der Waals surface area contributed by atoms with Gasteiger partial charge in [-0.15, -0.1) is 24.0 Å². The van der Waals surface area contributed by atoms with Gasteiger partial charge in [0.05, 0.1) is 27.6 Å². The summed E-state index contributed by atoms with van der Waals surface area (Å²) in [5, 5.41) is 21.5. The van der Waals surface area contributed by atoms with Crippen LogP contribution in [0.1, 0.15) is 20.3 Å². The molecule has 1 unspecified atom stereocenters. The quantitative estimate of drug-likeness (QED) is 0.416. The molecule has 1 aliphatic rings. The topological polar surface area (TPSA) is 72.4 Å². The summed E-state index contributed by atoms with van der Waals surface area (Å²) in [6.45, 7) is 4.34. The van der Waals surface area contributed by atoms with Gasteiger partial charge in [-0.25, -0.2) is 0 Å². The zero-order valence-corrected chi connectivity index (χ0v) is 15.5. The Morgan fingerprint density at radius 2 is 1.90 bits per heavy atom. The molecule has 5 nitrogen and oxygen atoms in total. The van der Waals surface area contributed by atoms with Gasteiger partial charge in [0, 0.05) is 13.1 Å². The third-order valence-corrected chi connectivity index (χ3v) is 3.25. The first-order chi connectivity index (χ1) is 8.53. The lowest BCUT2D eigenvalue weighted by molar-refractivity contribution is -0.941. The monoisotopic (exact) mass is 398 g/mol. The van der Waals surface area contributed by atoms with Crippen LogP contribution < -0.4 is 10.4 Å². The number of carbonyl (C=O) groups is 1. The van der Waals surface area contributed by atoms with Crippen molar-refractivity contribution in [2.75, 3.05) is 28.2 Å². The molecule has 1 amide bonds. The molecule has 0 saturated heterocycles. The van der Waals surface area contributed by atoms with E-state index in [4.69, 9.17) is 9.90 Å². The minimum Gasteiger partial charge on any atom is -0.530 e. The summed E-state index contributed by atoms with van der Waals surface area (Å²) in [6, 6.07) is 0. The second kappa shape index (κ2) is 8.63. The van der Waals surface area contributed by atoms with Gasteiger partial charge in [0.2, 0.25) is 5.72 Å². The molecule has 1 atom stereocenters. The SMILES string of the molecule is CC(C)C1=CC=CC(O)([N+](C)(C)C)C1.CNC(=O)[O-].I. The molecule has 0 saturated carbocycles. The third kappa shape index (κ3) is 6.71. The van der Waals surface area contributed by atoms with E-state index in [1.54, 1.807) is 0 Å². The molecule has 2 N–H and O–H groups in total. The van der Waals surface area contributed by atoms with Crippen LogP contribution in [-0.2, 0) is 0 Å². The zero-order valence-electron chi connectivity index (χ0n) is 13.1. The molecule has 0 heterocycles. The van der Waals surface area contributed by atoms with Gasteiger partial charge in [-0.3, -0.25) is 4.48 Å². The van der Waals surface area contributed by atoms with Crippen molar-refractivity contribution in [2.24, 2.45) is 5.92 Å². The average Bonchev–Trinajstić information content (AvgIpc) is 2.28. The molecule has 118 valence electrons. The lowest BCUT2D eigenvalue weighted by Crippen LogP contribution is -2.56. The van der Waals surface area contributed by atoms with Crippen molar-refractivity contribution in [2.45, 2.75) is 26.0 Å². The molecular formula is C14H27IN2O3. The maximum atomic E-state index is 10.5. The van der Waals surface area contributed by atoms with E-state index >= 15 is 0 Å². The van der Waals surface area contributed by atoms with E-state index in [1.807, 2.05) is 38.6 Å². The van der Waals surface area contributed by atoms with E-state index in [9.17, 15) is 5.11 Å². The Hall–Kier alpha value is -0.600. The van der Waals surface area contributed by atoms with Gasteiger partial charge in [-0.1, -0.05) is 31.6 Å². The first-order valence-corrected chi connectivity index (χ1v) is 6.34. The summed E-state index contributed by atoms with van der Waals surface area (Å²) in [7, 11) is 7.35. The molecule has 0 spiro atoms. The highest BCUT2D eigenvalue weighted by atomic mass is 127. The molecule has 0 bridgehead atoms. The third-order valence-electron chi connectivity index (χ3n) is 3.25. The van der Waals surface area contributed by atoms with Crippen LogP contribution >= 0.6 is 24.0 Å². The van der Waals surface area contributed by atoms with Crippen molar-refractivity contribution in [3.8, 4) is 0 Å². The second-order valence-electron chi connectivity index (χ2n) is 5.86. The van der Waals surface area contributed by atoms with Crippen LogP contribution in [0, 0.1) is 5.92 Å². The number of carboxylic acid groups (broad SMARTS) is 1. The maximum absolute atomic E-state index is 10.5. The Labute approximate surface area is 139 Å². The Morgan fingerprint density at radius 1 is 1.45 bits per heavy atom. The summed E-state index contributed by atoms with van der Waals surface area (Å²) in [4.78, 5) is 9.15. The standard InChI is InChI=1S/C12H22NO.C2H5NO2.HI/c1-10(2)11-7-6-8-12(14,9-11)13(3,4)5;1-3-2(4)5;/h6-8,10,14H,9H2,1-5H3;3H,1H3,(H,4,5);1H/q+1;;/p-1. The molecule has 20 heavy (non-hydrogen) atoms. The van der Waals surface area contributed by atoms with Crippen molar-refractivity contribution in [3.05, 3.63) is 23.8 Å². The van der Waals surface area contributed by atoms with Gasteiger partial charge in [0.1, 0.15) is 6.09 Å². The summed E-state index contributed by atoms with van der Waals surface area (Å²) < 4.78 is 0.549. The lowest BCUT2D eigenvalue weighted by Gasteiger charge is -2.42. The number of hydrogen-bond donors (Lipinski definition) is 2. The van der Waals surface area contributed by atoms with Gasteiger partial charge in [0.15, 0.2) is 0 Å². The van der Waals surface area contributed by atoms with Crippen LogP contribution in [0.15, 0.2) is 23.8 Å². The summed E-state index contributed by atoms with van der Waals surface area (Å²) in [6.07, 6.45) is 5.49. The second-order valence-corrected chi connectivity index (χ2v) is 5.86. The number of quaternary nitrogens is 1. The largest absolute Gasteiger partial charge is 0.530 e. The van der Waals surface area contributed by atoms with Crippen LogP contribution in [-0.4, -0.2) is 49.6 Å². The van der Waals surface area contributed by atoms with E-state index in [0.717, 1.165) is 6.42 Å². The molecule has 0 radical (unpaired) electrons. The van der Waals surface area contributed by atoms with Crippen LogP contribution in [0.4, 0.5) is 4.79 Å². The van der Waals surface area contributed by atoms with Gasteiger partial charge in [0.25, 0.3) is 0 Å². The predicted molar refractivity (Wildman–Crippen MR) is 89.5 cm³/mol. The summed E-state index contributed by atoms with van der Waals surface area (Å²) >= 11 is 0. The summed E-state index contributed by atoms with van der Waals surface area (Å²) in [5.41, 5.74) is 0.581. The highest BCUT2D eigenvalue weighted by molar-refractivity contribution is 14.0. The molecular weight excluding hydrogens is 371 g/mol. The fourth-order valence-corrected chi connectivity index (χ4v) is 1.60. The number of hydrogen-bond acceptors (Lipinski definition) is 3. The molecule has 1 rings (SSSR count). The number of nitrogens with one attached hydrogen (secondary N) is 1. The average molecular weight is 398 g/mol. The number of halogens is 1. The van der Waals surface area contributed by atoms with E-state index in [2.05, 4.69) is 19.9 Å². The minimum absolute atomic E-state index is 0. The number of aliphatic hydroxyl groups is 1. The fraction of sp³-hybridized carbons (Fsp3) is 0.643. The van der Waals surface area contributed by atoms with E-state index < -0.39 is 11.8 Å². The van der Waals surface area contributed by atoms with E-state index in [-0.39, 0.29) is 24.0 Å². The molecule has 0 aromatic heterocycles. The van der Waals surface area contributed by atoms with Crippen molar-refractivity contribution in [3.63, 3.8) is 0 Å². The molecule has 0 aromatic rings. The smallest absolute Gasteiger partial charge is 0.224 e. The zero-order chi connectivity index (χ0) is 15.3. The van der Waals surface area contributed by atoms with Crippen LogP contribution in [0.2, 0.25) is 0 Å². The Morgan fingerprint density at radius 3 is 2.20 bits per heavy atom. The number of amides is 1. The van der Waals surface area contributed by atoms with Crippen molar-refractivity contribution < 1.29 is 19.5 Å². The molecule has 6 heteroatoms. The number of likely N-dealkylation sites (N-methyl/N-ethyl adjacent to an activating group) is 1. The van der Waals surface area contributed by atoms with E-state index in [1.165, 1.54) is 12.6 Å². The first-order valence-electron chi connectivity index (χ1n) is 6.34. The molecule has 1 aliphatic carbocycles. The Kier molecular flexibility index (Phi) is 9.37. The van der Waals surface area contributed by atoms with Gasteiger partial charge in [-0.05, 0) is 5.92 Å². The number of nitrogens with zero attached hydrogens (tertiary/aromatic N) is 1. The van der Waals surface area contributed by atoms with Gasteiger partial charge < -0.3 is 20.3 Å². The molecule has 0 aliphatic heterocycles.